The van der Waals surface area contributed by atoms with Gasteiger partial charge in [0.15, 0.2) is 0 Å². The molecule has 7 heteroatoms. The average molecular weight is 445 g/mol. The number of hydrogen-bond acceptors (Lipinski definition) is 6. The van der Waals surface area contributed by atoms with Gasteiger partial charge in [0.25, 0.3) is 5.91 Å². The fraction of sp³-hybridized carbons (Fsp3) is 0.280. The number of rotatable bonds is 5. The predicted octanol–water partition coefficient (Wildman–Crippen LogP) is 5.26. The van der Waals surface area contributed by atoms with E-state index in [0.29, 0.717) is 36.3 Å². The zero-order valence-electron chi connectivity index (χ0n) is 17.9. The summed E-state index contributed by atoms with van der Waals surface area (Å²) in [6.07, 6.45) is 2.68. The lowest BCUT2D eigenvalue weighted by molar-refractivity contribution is 0.0663. The Morgan fingerprint density at radius 2 is 1.94 bits per heavy atom. The number of amides is 1. The van der Waals surface area contributed by atoms with Gasteiger partial charge in [-0.25, -0.2) is 4.98 Å². The molecule has 0 aliphatic carbocycles. The van der Waals surface area contributed by atoms with E-state index in [-0.39, 0.29) is 5.91 Å². The molecule has 0 saturated carbocycles. The van der Waals surface area contributed by atoms with E-state index in [1.54, 1.807) is 0 Å². The number of likely N-dealkylation sites (tertiary alicyclic amines) is 1. The minimum absolute atomic E-state index is 0.000686. The molecule has 4 aromatic rings. The lowest BCUT2D eigenvalue weighted by atomic mass is 9.94. The van der Waals surface area contributed by atoms with E-state index in [2.05, 4.69) is 15.1 Å². The van der Waals surface area contributed by atoms with Crippen molar-refractivity contribution in [3.05, 3.63) is 77.1 Å². The van der Waals surface area contributed by atoms with Gasteiger partial charge in [-0.2, -0.15) is 4.98 Å². The van der Waals surface area contributed by atoms with Crippen molar-refractivity contribution < 1.29 is 9.32 Å². The molecule has 5 rings (SSSR count). The minimum Gasteiger partial charge on any atom is -0.339 e. The Morgan fingerprint density at radius 1 is 1.12 bits per heavy atom. The molecule has 3 heterocycles. The lowest BCUT2D eigenvalue weighted by Gasteiger charge is -2.31. The Kier molecular flexibility index (Phi) is 5.81. The first kappa shape index (κ1) is 20.6. The number of carbonyl (C=O) groups is 1. The molecule has 1 fully saturated rings. The van der Waals surface area contributed by atoms with Crippen molar-refractivity contribution in [2.75, 3.05) is 13.1 Å². The van der Waals surface area contributed by atoms with Gasteiger partial charge in [0.05, 0.1) is 0 Å². The summed E-state index contributed by atoms with van der Waals surface area (Å²) >= 11 is 1.51. The van der Waals surface area contributed by atoms with E-state index in [9.17, 15) is 4.79 Å². The molecule has 0 spiro atoms. The van der Waals surface area contributed by atoms with Crippen LogP contribution in [0.4, 0.5) is 0 Å². The molecule has 2 aromatic heterocycles. The topological polar surface area (TPSA) is 72.1 Å². The molecule has 1 amide bonds. The molecule has 1 unspecified atom stereocenters. The summed E-state index contributed by atoms with van der Waals surface area (Å²) in [5.74, 6) is 1.55. The van der Waals surface area contributed by atoms with Gasteiger partial charge in [-0.3, -0.25) is 4.79 Å². The first-order chi connectivity index (χ1) is 15.7. The molecule has 0 radical (unpaired) electrons. The lowest BCUT2D eigenvalue weighted by Crippen LogP contribution is -2.40. The molecular formula is C25H24N4O2S. The Balaban J connectivity index is 1.25. The Labute approximate surface area is 190 Å². The maximum absolute atomic E-state index is 13.1. The van der Waals surface area contributed by atoms with Crippen LogP contribution in [0, 0.1) is 12.8 Å². The summed E-state index contributed by atoms with van der Waals surface area (Å²) in [5.41, 5.74) is 3.66. The largest absolute Gasteiger partial charge is 0.339 e. The average Bonchev–Trinajstić information content (AvgIpc) is 3.50. The molecule has 162 valence electrons. The van der Waals surface area contributed by atoms with Crippen molar-refractivity contribution in [2.24, 2.45) is 5.92 Å². The minimum atomic E-state index is -0.000686. The molecule has 0 N–H and O–H groups in total. The second-order valence-electron chi connectivity index (χ2n) is 8.19. The summed E-state index contributed by atoms with van der Waals surface area (Å²) < 4.78 is 5.53. The summed E-state index contributed by atoms with van der Waals surface area (Å²) in [6.45, 7) is 3.47. The quantitative estimate of drug-likeness (QED) is 0.420. The van der Waals surface area contributed by atoms with Crippen molar-refractivity contribution in [3.8, 4) is 22.0 Å². The maximum atomic E-state index is 13.1. The third-order valence-corrected chi connectivity index (χ3v) is 6.76. The van der Waals surface area contributed by atoms with E-state index in [0.717, 1.165) is 41.1 Å². The van der Waals surface area contributed by atoms with Crippen molar-refractivity contribution in [1.29, 1.82) is 0 Å². The van der Waals surface area contributed by atoms with E-state index in [1.165, 1.54) is 11.3 Å². The predicted molar refractivity (Wildman–Crippen MR) is 124 cm³/mol. The summed E-state index contributed by atoms with van der Waals surface area (Å²) in [7, 11) is 0. The Morgan fingerprint density at radius 3 is 2.78 bits per heavy atom. The fourth-order valence-electron chi connectivity index (χ4n) is 4.18. The van der Waals surface area contributed by atoms with E-state index >= 15 is 0 Å². The van der Waals surface area contributed by atoms with Gasteiger partial charge in [-0.1, -0.05) is 59.8 Å². The van der Waals surface area contributed by atoms with Crippen LogP contribution in [-0.2, 0) is 6.42 Å². The monoisotopic (exact) mass is 444 g/mol. The van der Waals surface area contributed by atoms with Crippen LogP contribution in [-0.4, -0.2) is 39.0 Å². The molecule has 1 atom stereocenters. The second kappa shape index (κ2) is 9.04. The third kappa shape index (κ3) is 4.34. The van der Waals surface area contributed by atoms with E-state index < -0.39 is 0 Å². The summed E-state index contributed by atoms with van der Waals surface area (Å²) in [5, 5.41) is 6.90. The van der Waals surface area contributed by atoms with Gasteiger partial charge in [-0.05, 0) is 31.2 Å². The van der Waals surface area contributed by atoms with Gasteiger partial charge in [0, 0.05) is 36.0 Å². The van der Waals surface area contributed by atoms with Crippen molar-refractivity contribution >= 4 is 17.2 Å². The molecule has 6 nitrogen and oxygen atoms in total. The smallest absolute Gasteiger partial charge is 0.273 e. The van der Waals surface area contributed by atoms with Crippen LogP contribution in [0.1, 0.15) is 34.8 Å². The number of benzene rings is 2. The standard InChI is InChI=1S/C25H24N4O2S/c1-17-8-5-6-12-20(17)23-27-22(31-28-23)14-18-9-7-13-29(15-18)25(30)21-16-32-24(26-21)19-10-3-2-4-11-19/h2-6,8,10-12,16,18H,7,9,13-15H2,1H3. The highest BCUT2D eigenvalue weighted by Gasteiger charge is 2.27. The van der Waals surface area contributed by atoms with E-state index in [4.69, 9.17) is 4.52 Å². The number of hydrogen-bond donors (Lipinski definition) is 0. The SMILES string of the molecule is Cc1ccccc1-c1noc(CC2CCCN(C(=O)c3csc(-c4ccccc4)n3)C2)n1. The van der Waals surface area contributed by atoms with Crippen molar-refractivity contribution in [3.63, 3.8) is 0 Å². The van der Waals surface area contributed by atoms with Crippen LogP contribution in [0.15, 0.2) is 64.5 Å². The Hall–Kier alpha value is -3.32. The zero-order chi connectivity index (χ0) is 21.9. The summed E-state index contributed by atoms with van der Waals surface area (Å²) in [6, 6.07) is 18.0. The highest BCUT2D eigenvalue weighted by atomic mass is 32.1. The van der Waals surface area contributed by atoms with Gasteiger partial charge < -0.3 is 9.42 Å². The number of carbonyl (C=O) groups excluding carboxylic acids is 1. The number of nitrogens with zero attached hydrogens (tertiary/aromatic N) is 4. The van der Waals surface area contributed by atoms with Crippen LogP contribution < -0.4 is 0 Å². The van der Waals surface area contributed by atoms with Gasteiger partial charge in [0.1, 0.15) is 10.7 Å². The summed E-state index contributed by atoms with van der Waals surface area (Å²) in [4.78, 5) is 24.2. The molecular weight excluding hydrogens is 420 g/mol. The number of aryl methyl sites for hydroxylation is 1. The van der Waals surface area contributed by atoms with Crippen molar-refractivity contribution in [1.82, 2.24) is 20.0 Å². The second-order valence-corrected chi connectivity index (χ2v) is 9.05. The molecule has 2 aromatic carbocycles. The molecule has 32 heavy (non-hydrogen) atoms. The first-order valence-electron chi connectivity index (χ1n) is 10.9. The molecule has 1 saturated heterocycles. The van der Waals surface area contributed by atoms with E-state index in [1.807, 2.05) is 71.8 Å². The number of thiazole rings is 1. The molecule has 1 aliphatic heterocycles. The highest BCUT2D eigenvalue weighted by molar-refractivity contribution is 7.13. The fourth-order valence-corrected chi connectivity index (χ4v) is 4.98. The normalized spacial score (nSPS) is 16.3. The van der Waals surface area contributed by atoms with Gasteiger partial charge in [-0.15, -0.1) is 11.3 Å². The third-order valence-electron chi connectivity index (χ3n) is 5.87. The number of aromatic nitrogens is 3. The first-order valence-corrected chi connectivity index (χ1v) is 11.7. The van der Waals surface area contributed by atoms with Crippen molar-refractivity contribution in [2.45, 2.75) is 26.2 Å². The molecule has 0 bridgehead atoms. The van der Waals surface area contributed by atoms with Crippen LogP contribution >= 0.6 is 11.3 Å². The Bertz CT molecular complexity index is 1220. The zero-order valence-corrected chi connectivity index (χ0v) is 18.7. The maximum Gasteiger partial charge on any atom is 0.273 e. The van der Waals surface area contributed by atoms with Gasteiger partial charge >= 0.3 is 0 Å². The van der Waals surface area contributed by atoms with Crippen LogP contribution in [0.2, 0.25) is 0 Å². The molecule has 1 aliphatic rings. The van der Waals surface area contributed by atoms with Crippen LogP contribution in [0.5, 0.6) is 0 Å². The van der Waals surface area contributed by atoms with Gasteiger partial charge in [0.2, 0.25) is 11.7 Å². The highest BCUT2D eigenvalue weighted by Crippen LogP contribution is 2.27. The van der Waals surface area contributed by atoms with Crippen LogP contribution in [0.25, 0.3) is 22.0 Å². The van der Waals surface area contributed by atoms with Crippen LogP contribution in [0.3, 0.4) is 0 Å². The number of piperidine rings is 1.